The van der Waals surface area contributed by atoms with E-state index >= 15 is 0 Å². The Morgan fingerprint density at radius 2 is 2.00 bits per heavy atom. The molecule has 3 rings (SSSR count). The summed E-state index contributed by atoms with van der Waals surface area (Å²) in [5.41, 5.74) is 3.77. The van der Waals surface area contributed by atoms with Crippen molar-refractivity contribution in [2.24, 2.45) is 0 Å². The third-order valence-corrected chi connectivity index (χ3v) is 4.28. The van der Waals surface area contributed by atoms with Gasteiger partial charge in [0.1, 0.15) is 5.15 Å². The minimum absolute atomic E-state index is 0.00849. The first-order chi connectivity index (χ1) is 12.1. The van der Waals surface area contributed by atoms with Crippen LogP contribution in [-0.4, -0.2) is 33.1 Å². The van der Waals surface area contributed by atoms with E-state index in [0.29, 0.717) is 23.8 Å². The third-order valence-electron chi connectivity index (χ3n) is 4.06. The molecule has 25 heavy (non-hydrogen) atoms. The number of hydrogen-bond donors (Lipinski definition) is 1. The first-order valence-corrected chi connectivity index (χ1v) is 8.26. The molecule has 0 bridgehead atoms. The minimum Gasteiger partial charge on any atom is -0.298 e. The number of carbonyl (C=O) groups excluding carboxylic acids is 1. The van der Waals surface area contributed by atoms with Crippen molar-refractivity contribution in [2.75, 3.05) is 11.9 Å². The SMILES string of the molecule is Cc1c(N(C)C(=O)CCc2ccc(Cl)nc2)n[nH]c1-c1ccncc1. The maximum Gasteiger partial charge on any atom is 0.228 e. The van der Waals surface area contributed by atoms with Crippen LogP contribution in [0.1, 0.15) is 17.5 Å². The Morgan fingerprint density at radius 3 is 2.68 bits per heavy atom. The molecule has 0 aromatic carbocycles. The van der Waals surface area contributed by atoms with Gasteiger partial charge in [-0.1, -0.05) is 17.7 Å². The fraction of sp³-hybridized carbons (Fsp3) is 0.222. The Bertz CT molecular complexity index is 861. The van der Waals surface area contributed by atoms with Gasteiger partial charge in [-0.15, -0.1) is 0 Å². The van der Waals surface area contributed by atoms with Crippen molar-refractivity contribution in [2.45, 2.75) is 19.8 Å². The highest BCUT2D eigenvalue weighted by atomic mass is 35.5. The molecule has 0 aliphatic heterocycles. The molecule has 0 saturated carbocycles. The number of pyridine rings is 2. The van der Waals surface area contributed by atoms with Gasteiger partial charge < -0.3 is 0 Å². The highest BCUT2D eigenvalue weighted by Gasteiger charge is 2.19. The summed E-state index contributed by atoms with van der Waals surface area (Å²) in [6.07, 6.45) is 6.12. The highest BCUT2D eigenvalue weighted by Crippen LogP contribution is 2.27. The van der Waals surface area contributed by atoms with Crippen LogP contribution in [0.4, 0.5) is 5.82 Å². The molecule has 3 aromatic rings. The largest absolute Gasteiger partial charge is 0.298 e. The standard InChI is InChI=1S/C18H18ClN5O/c1-12-17(14-7-9-20-10-8-14)22-23-18(12)24(2)16(25)6-4-13-3-5-15(19)21-11-13/h3,5,7-11H,4,6H2,1-2H3,(H,22,23). The van der Waals surface area contributed by atoms with Crippen LogP contribution in [-0.2, 0) is 11.2 Å². The molecule has 3 aromatic heterocycles. The number of anilines is 1. The summed E-state index contributed by atoms with van der Waals surface area (Å²) in [5, 5.41) is 7.77. The van der Waals surface area contributed by atoms with Crippen molar-refractivity contribution in [1.29, 1.82) is 0 Å². The van der Waals surface area contributed by atoms with E-state index in [1.165, 1.54) is 0 Å². The lowest BCUT2D eigenvalue weighted by molar-refractivity contribution is -0.118. The number of aromatic nitrogens is 4. The molecule has 7 heteroatoms. The number of rotatable bonds is 5. The summed E-state index contributed by atoms with van der Waals surface area (Å²) < 4.78 is 0. The number of carbonyl (C=O) groups is 1. The zero-order valence-electron chi connectivity index (χ0n) is 14.0. The topological polar surface area (TPSA) is 74.8 Å². The molecule has 128 valence electrons. The molecule has 0 radical (unpaired) electrons. The summed E-state index contributed by atoms with van der Waals surface area (Å²) in [5.74, 6) is 0.622. The molecule has 1 amide bonds. The molecule has 0 aliphatic rings. The highest BCUT2D eigenvalue weighted by molar-refractivity contribution is 6.29. The van der Waals surface area contributed by atoms with Crippen LogP contribution >= 0.6 is 11.6 Å². The second-order valence-corrected chi connectivity index (χ2v) is 6.11. The van der Waals surface area contributed by atoms with Gasteiger partial charge >= 0.3 is 0 Å². The number of nitrogens with one attached hydrogen (secondary N) is 1. The van der Waals surface area contributed by atoms with Gasteiger partial charge in [0.25, 0.3) is 0 Å². The van der Waals surface area contributed by atoms with Gasteiger partial charge in [-0.2, -0.15) is 5.10 Å². The predicted molar refractivity (Wildman–Crippen MR) is 97.5 cm³/mol. The average Bonchev–Trinajstić information content (AvgIpc) is 3.02. The van der Waals surface area contributed by atoms with Crippen LogP contribution in [0.15, 0.2) is 42.9 Å². The molecule has 0 spiro atoms. The second kappa shape index (κ2) is 7.44. The van der Waals surface area contributed by atoms with E-state index in [4.69, 9.17) is 11.6 Å². The summed E-state index contributed by atoms with van der Waals surface area (Å²) in [4.78, 5) is 22.1. The van der Waals surface area contributed by atoms with Gasteiger partial charge in [0, 0.05) is 43.2 Å². The Labute approximate surface area is 150 Å². The summed E-state index contributed by atoms with van der Waals surface area (Å²) in [6.45, 7) is 1.95. The molecule has 0 unspecified atom stereocenters. The number of halogens is 1. The van der Waals surface area contributed by atoms with E-state index in [2.05, 4.69) is 20.2 Å². The van der Waals surface area contributed by atoms with E-state index in [9.17, 15) is 4.79 Å². The van der Waals surface area contributed by atoms with Crippen LogP contribution in [0.2, 0.25) is 5.15 Å². The number of nitrogens with zero attached hydrogens (tertiary/aromatic N) is 4. The van der Waals surface area contributed by atoms with Crippen molar-refractivity contribution < 1.29 is 4.79 Å². The Kier molecular flexibility index (Phi) is 5.09. The fourth-order valence-electron chi connectivity index (χ4n) is 2.61. The van der Waals surface area contributed by atoms with Gasteiger partial charge in [0.2, 0.25) is 5.91 Å². The second-order valence-electron chi connectivity index (χ2n) is 5.73. The maximum absolute atomic E-state index is 12.5. The van der Waals surface area contributed by atoms with Gasteiger partial charge in [0.15, 0.2) is 5.82 Å². The molecule has 1 N–H and O–H groups in total. The van der Waals surface area contributed by atoms with Gasteiger partial charge in [-0.25, -0.2) is 4.98 Å². The van der Waals surface area contributed by atoms with Crippen LogP contribution in [0.25, 0.3) is 11.3 Å². The number of H-pyrrole nitrogens is 1. The maximum atomic E-state index is 12.5. The van der Waals surface area contributed by atoms with Crippen LogP contribution < -0.4 is 4.90 Å². The summed E-state index contributed by atoms with van der Waals surface area (Å²) in [6, 6.07) is 7.41. The Hall–Kier alpha value is -2.73. The van der Waals surface area contributed by atoms with E-state index < -0.39 is 0 Å². The number of hydrogen-bond acceptors (Lipinski definition) is 4. The molecule has 3 heterocycles. The van der Waals surface area contributed by atoms with Gasteiger partial charge in [0.05, 0.1) is 5.69 Å². The summed E-state index contributed by atoms with van der Waals surface area (Å²) >= 11 is 5.77. The van der Waals surface area contributed by atoms with Crippen LogP contribution in [0.3, 0.4) is 0 Å². The van der Waals surface area contributed by atoms with E-state index in [-0.39, 0.29) is 5.91 Å². The zero-order valence-corrected chi connectivity index (χ0v) is 14.8. The van der Waals surface area contributed by atoms with Gasteiger partial charge in [-0.05, 0) is 37.1 Å². The smallest absolute Gasteiger partial charge is 0.228 e. The number of aromatic amines is 1. The lowest BCUT2D eigenvalue weighted by Gasteiger charge is -2.15. The first-order valence-electron chi connectivity index (χ1n) is 7.88. The molecular weight excluding hydrogens is 338 g/mol. The normalized spacial score (nSPS) is 10.7. The quantitative estimate of drug-likeness (QED) is 0.711. The van der Waals surface area contributed by atoms with Crippen molar-refractivity contribution >= 4 is 23.3 Å². The number of aryl methyl sites for hydroxylation is 1. The zero-order chi connectivity index (χ0) is 17.8. The Balaban J connectivity index is 1.70. The predicted octanol–water partition coefficient (Wildman–Crippen LogP) is 3.42. The van der Waals surface area contributed by atoms with Crippen molar-refractivity contribution in [3.05, 3.63) is 59.1 Å². The minimum atomic E-state index is -0.00849. The molecular formula is C18H18ClN5O. The lowest BCUT2D eigenvalue weighted by Crippen LogP contribution is -2.27. The van der Waals surface area contributed by atoms with Crippen LogP contribution in [0, 0.1) is 6.92 Å². The van der Waals surface area contributed by atoms with E-state index in [1.807, 2.05) is 25.1 Å². The van der Waals surface area contributed by atoms with Crippen molar-refractivity contribution in [1.82, 2.24) is 20.2 Å². The number of amides is 1. The van der Waals surface area contributed by atoms with Crippen molar-refractivity contribution in [3.63, 3.8) is 0 Å². The first kappa shape index (κ1) is 17.1. The molecule has 0 saturated heterocycles. The van der Waals surface area contributed by atoms with E-state index in [0.717, 1.165) is 22.4 Å². The van der Waals surface area contributed by atoms with Crippen LogP contribution in [0.5, 0.6) is 0 Å². The van der Waals surface area contributed by atoms with E-state index in [1.54, 1.807) is 36.6 Å². The van der Waals surface area contributed by atoms with Crippen molar-refractivity contribution in [3.8, 4) is 11.3 Å². The Morgan fingerprint density at radius 1 is 1.24 bits per heavy atom. The third kappa shape index (κ3) is 3.85. The molecule has 0 fully saturated rings. The lowest BCUT2D eigenvalue weighted by atomic mass is 10.1. The van der Waals surface area contributed by atoms with Gasteiger partial charge in [-0.3, -0.25) is 19.8 Å². The molecule has 0 aliphatic carbocycles. The average molecular weight is 356 g/mol. The summed E-state index contributed by atoms with van der Waals surface area (Å²) in [7, 11) is 1.74. The molecule has 0 atom stereocenters. The fourth-order valence-corrected chi connectivity index (χ4v) is 2.72. The monoisotopic (exact) mass is 355 g/mol. The molecule has 6 nitrogen and oxygen atoms in total.